The number of carbonyl (C=O) groups is 2. The average Bonchev–Trinajstić information content (AvgIpc) is 2.78. The number of amides is 1. The van der Waals surface area contributed by atoms with Gasteiger partial charge in [-0.15, -0.1) is 0 Å². The Bertz CT molecular complexity index is 674. The third kappa shape index (κ3) is 4.80. The van der Waals surface area contributed by atoms with Crippen LogP contribution < -0.4 is 5.32 Å². The Morgan fingerprint density at radius 3 is 2.68 bits per heavy atom. The summed E-state index contributed by atoms with van der Waals surface area (Å²) in [6.45, 7) is -0.510. The van der Waals surface area contributed by atoms with Crippen molar-refractivity contribution >= 4 is 21.7 Å². The Hall–Kier alpha value is -1.96. The van der Waals surface area contributed by atoms with Crippen LogP contribution in [0.4, 0.5) is 4.39 Å². The standard InChI is InChI=1S/C14H16FNO5S/c15-12-4-2-1-3-10(12)7-14(18)21-8-13(17)16-11-5-6-22(19,20)9-11/h1-4,11H,5-9H2,(H,16,17)/t11-/m1/s1. The molecule has 6 nitrogen and oxygen atoms in total. The zero-order valence-electron chi connectivity index (χ0n) is 11.7. The van der Waals surface area contributed by atoms with E-state index < -0.39 is 40.2 Å². The van der Waals surface area contributed by atoms with E-state index in [0.29, 0.717) is 6.42 Å². The molecule has 0 unspecified atom stereocenters. The predicted octanol–water partition coefficient (Wildman–Crippen LogP) is 0.215. The summed E-state index contributed by atoms with van der Waals surface area (Å²) in [5, 5.41) is 2.50. The van der Waals surface area contributed by atoms with E-state index >= 15 is 0 Å². The topological polar surface area (TPSA) is 89.5 Å². The van der Waals surface area contributed by atoms with Gasteiger partial charge in [0.25, 0.3) is 5.91 Å². The van der Waals surface area contributed by atoms with Gasteiger partial charge < -0.3 is 10.1 Å². The lowest BCUT2D eigenvalue weighted by Gasteiger charge is -2.11. The van der Waals surface area contributed by atoms with Crippen LogP contribution in [0.5, 0.6) is 0 Å². The minimum Gasteiger partial charge on any atom is -0.455 e. The molecule has 0 spiro atoms. The van der Waals surface area contributed by atoms with Gasteiger partial charge in [0.15, 0.2) is 16.4 Å². The molecule has 1 fully saturated rings. The molecule has 0 aromatic heterocycles. The second kappa shape index (κ2) is 6.87. The van der Waals surface area contributed by atoms with Crippen LogP contribution in [0, 0.1) is 5.82 Å². The highest BCUT2D eigenvalue weighted by Crippen LogP contribution is 2.11. The van der Waals surface area contributed by atoms with E-state index in [1.165, 1.54) is 18.2 Å². The van der Waals surface area contributed by atoms with Crippen LogP contribution in [-0.4, -0.2) is 44.4 Å². The SMILES string of the molecule is O=C(COC(=O)Cc1ccccc1F)N[C@@H]1CCS(=O)(=O)C1. The number of esters is 1. The lowest BCUT2D eigenvalue weighted by atomic mass is 10.1. The van der Waals surface area contributed by atoms with Crippen LogP contribution in [-0.2, 0) is 30.6 Å². The molecule has 1 aliphatic heterocycles. The van der Waals surface area contributed by atoms with Gasteiger partial charge in [0.1, 0.15) is 5.82 Å². The summed E-state index contributed by atoms with van der Waals surface area (Å²) in [5.41, 5.74) is 0.190. The highest BCUT2D eigenvalue weighted by Gasteiger charge is 2.29. The number of carbonyl (C=O) groups excluding carboxylic acids is 2. The molecule has 0 saturated carbocycles. The Morgan fingerprint density at radius 2 is 2.05 bits per heavy atom. The number of hydrogen-bond acceptors (Lipinski definition) is 5. The van der Waals surface area contributed by atoms with Crippen molar-refractivity contribution in [1.29, 1.82) is 0 Å². The van der Waals surface area contributed by atoms with Crippen molar-refractivity contribution in [1.82, 2.24) is 5.32 Å². The minimum absolute atomic E-state index is 0.0466. The molecule has 1 aromatic carbocycles. The van der Waals surface area contributed by atoms with Crippen molar-refractivity contribution in [2.45, 2.75) is 18.9 Å². The molecule has 0 aliphatic carbocycles. The molecule has 1 saturated heterocycles. The highest BCUT2D eigenvalue weighted by molar-refractivity contribution is 7.91. The second-order valence-electron chi connectivity index (χ2n) is 5.10. The maximum Gasteiger partial charge on any atom is 0.310 e. The summed E-state index contributed by atoms with van der Waals surface area (Å²) < 4.78 is 40.6. The molecule has 1 heterocycles. The zero-order valence-corrected chi connectivity index (χ0v) is 12.6. The van der Waals surface area contributed by atoms with Crippen molar-refractivity contribution in [2.75, 3.05) is 18.1 Å². The molecule has 1 aliphatic rings. The number of nitrogens with one attached hydrogen (secondary N) is 1. The monoisotopic (exact) mass is 329 g/mol. The summed E-state index contributed by atoms with van der Waals surface area (Å²) >= 11 is 0. The normalized spacial score (nSPS) is 19.6. The number of sulfone groups is 1. The van der Waals surface area contributed by atoms with E-state index in [0.717, 1.165) is 0 Å². The molecular weight excluding hydrogens is 313 g/mol. The third-order valence-electron chi connectivity index (χ3n) is 3.25. The maximum atomic E-state index is 13.3. The number of hydrogen-bond donors (Lipinski definition) is 1. The third-order valence-corrected chi connectivity index (χ3v) is 5.02. The second-order valence-corrected chi connectivity index (χ2v) is 7.33. The average molecular weight is 329 g/mol. The molecule has 8 heteroatoms. The largest absolute Gasteiger partial charge is 0.455 e. The van der Waals surface area contributed by atoms with Crippen LogP contribution in [0.1, 0.15) is 12.0 Å². The Kier molecular flexibility index (Phi) is 5.12. The first-order valence-corrected chi connectivity index (χ1v) is 8.57. The maximum absolute atomic E-state index is 13.3. The van der Waals surface area contributed by atoms with E-state index in [1.807, 2.05) is 0 Å². The van der Waals surface area contributed by atoms with E-state index in [1.54, 1.807) is 6.07 Å². The first-order chi connectivity index (χ1) is 10.4. The molecular formula is C14H16FNO5S. The quantitative estimate of drug-likeness (QED) is 0.780. The predicted molar refractivity (Wildman–Crippen MR) is 76.3 cm³/mol. The molecule has 1 amide bonds. The van der Waals surface area contributed by atoms with Crippen LogP contribution in [0.25, 0.3) is 0 Å². The number of rotatable bonds is 5. The first-order valence-electron chi connectivity index (χ1n) is 6.74. The van der Waals surface area contributed by atoms with Gasteiger partial charge in [-0.1, -0.05) is 18.2 Å². The minimum atomic E-state index is -3.08. The van der Waals surface area contributed by atoms with Crippen molar-refractivity contribution in [2.24, 2.45) is 0 Å². The Morgan fingerprint density at radius 1 is 1.32 bits per heavy atom. The lowest BCUT2D eigenvalue weighted by Crippen LogP contribution is -2.38. The molecule has 0 radical (unpaired) electrons. The number of halogens is 1. The molecule has 1 N–H and O–H groups in total. The van der Waals surface area contributed by atoms with Gasteiger partial charge in [0, 0.05) is 6.04 Å². The zero-order chi connectivity index (χ0) is 16.2. The Labute approximate surface area is 127 Å². The summed E-state index contributed by atoms with van der Waals surface area (Å²) in [5.74, 6) is -1.85. The summed E-state index contributed by atoms with van der Waals surface area (Å²) in [6, 6.07) is 5.35. The van der Waals surface area contributed by atoms with Gasteiger partial charge in [-0.05, 0) is 18.1 Å². The van der Waals surface area contributed by atoms with Crippen molar-refractivity contribution in [3.05, 3.63) is 35.6 Å². The lowest BCUT2D eigenvalue weighted by molar-refractivity contribution is -0.148. The van der Waals surface area contributed by atoms with Gasteiger partial charge in [0.2, 0.25) is 0 Å². The number of benzene rings is 1. The van der Waals surface area contributed by atoms with E-state index in [2.05, 4.69) is 5.32 Å². The van der Waals surface area contributed by atoms with Gasteiger partial charge >= 0.3 is 5.97 Å². The van der Waals surface area contributed by atoms with E-state index in [-0.39, 0.29) is 23.5 Å². The van der Waals surface area contributed by atoms with Crippen LogP contribution >= 0.6 is 0 Å². The van der Waals surface area contributed by atoms with Crippen molar-refractivity contribution in [3.8, 4) is 0 Å². The van der Waals surface area contributed by atoms with E-state index in [9.17, 15) is 22.4 Å². The Balaban J connectivity index is 1.74. The smallest absolute Gasteiger partial charge is 0.310 e. The van der Waals surface area contributed by atoms with Crippen molar-refractivity contribution in [3.63, 3.8) is 0 Å². The summed E-state index contributed by atoms with van der Waals surface area (Å²) in [6.07, 6.45) is 0.0923. The fourth-order valence-corrected chi connectivity index (χ4v) is 3.85. The van der Waals surface area contributed by atoms with Crippen LogP contribution in [0.3, 0.4) is 0 Å². The van der Waals surface area contributed by atoms with Gasteiger partial charge in [-0.2, -0.15) is 0 Å². The highest BCUT2D eigenvalue weighted by atomic mass is 32.2. The summed E-state index contributed by atoms with van der Waals surface area (Å²) in [4.78, 5) is 23.1. The molecule has 2 rings (SSSR count). The van der Waals surface area contributed by atoms with E-state index in [4.69, 9.17) is 4.74 Å². The molecule has 0 bridgehead atoms. The van der Waals surface area contributed by atoms with Gasteiger partial charge in [-0.3, -0.25) is 9.59 Å². The van der Waals surface area contributed by atoms with Crippen LogP contribution in [0.2, 0.25) is 0 Å². The van der Waals surface area contributed by atoms with Crippen molar-refractivity contribution < 1.29 is 27.1 Å². The number of ether oxygens (including phenoxy) is 1. The molecule has 120 valence electrons. The van der Waals surface area contributed by atoms with Crippen LogP contribution in [0.15, 0.2) is 24.3 Å². The molecule has 1 atom stereocenters. The van der Waals surface area contributed by atoms with Gasteiger partial charge in [0.05, 0.1) is 17.9 Å². The fourth-order valence-electron chi connectivity index (χ4n) is 2.17. The molecule has 1 aromatic rings. The summed E-state index contributed by atoms with van der Waals surface area (Å²) in [7, 11) is -3.08. The van der Waals surface area contributed by atoms with Gasteiger partial charge in [-0.25, -0.2) is 12.8 Å². The first kappa shape index (κ1) is 16.4. The molecule has 22 heavy (non-hydrogen) atoms. The fraction of sp³-hybridized carbons (Fsp3) is 0.429.